The lowest BCUT2D eigenvalue weighted by atomic mass is 9.96. The zero-order valence-corrected chi connectivity index (χ0v) is 16.5. The van der Waals surface area contributed by atoms with Crippen LogP contribution in [-0.4, -0.2) is 42.5 Å². The second kappa shape index (κ2) is 10.4. The van der Waals surface area contributed by atoms with Crippen molar-refractivity contribution >= 4 is 23.7 Å². The molecule has 0 radical (unpaired) electrons. The van der Waals surface area contributed by atoms with Gasteiger partial charge >= 0.3 is 12.1 Å². The van der Waals surface area contributed by atoms with Crippen molar-refractivity contribution < 1.29 is 24.2 Å². The number of ether oxygens (including phenoxy) is 2. The van der Waals surface area contributed by atoms with Gasteiger partial charge < -0.3 is 19.9 Å². The first-order valence-electron chi connectivity index (χ1n) is 8.57. The van der Waals surface area contributed by atoms with Gasteiger partial charge in [0.1, 0.15) is 5.60 Å². The minimum atomic E-state index is -0.617. The molecule has 0 heterocycles. The zero-order chi connectivity index (χ0) is 19.7. The summed E-state index contributed by atoms with van der Waals surface area (Å²) < 4.78 is 10.0. The molecule has 0 aliphatic rings. The highest BCUT2D eigenvalue weighted by atomic mass is 35.5. The van der Waals surface area contributed by atoms with Crippen LogP contribution in [0, 0.1) is 5.92 Å². The number of nitrogens with one attached hydrogen (secondary N) is 1. The van der Waals surface area contributed by atoms with E-state index >= 15 is 0 Å². The first-order chi connectivity index (χ1) is 12.1. The molecule has 2 N–H and O–H groups in total. The van der Waals surface area contributed by atoms with Gasteiger partial charge in [-0.05, 0) is 57.7 Å². The largest absolute Gasteiger partial charge is 0.469 e. The minimum Gasteiger partial charge on any atom is -0.469 e. The Kier molecular flexibility index (Phi) is 8.88. The molecule has 0 fully saturated rings. The Balaban J connectivity index is 2.78. The lowest BCUT2D eigenvalue weighted by molar-refractivity contribution is -0.147. The van der Waals surface area contributed by atoms with Gasteiger partial charge in [0.2, 0.25) is 0 Å². The second-order valence-corrected chi connectivity index (χ2v) is 7.59. The molecule has 7 heteroatoms. The molecule has 0 aromatic heterocycles. The minimum absolute atomic E-state index is 0.260. The fourth-order valence-corrected chi connectivity index (χ4v) is 2.58. The van der Waals surface area contributed by atoms with E-state index in [1.807, 2.05) is 12.1 Å². The van der Waals surface area contributed by atoms with Crippen molar-refractivity contribution in [3.05, 3.63) is 34.9 Å². The molecule has 0 aliphatic carbocycles. The Hall–Kier alpha value is -1.79. The Morgan fingerprint density at radius 2 is 1.81 bits per heavy atom. The Morgan fingerprint density at radius 1 is 1.19 bits per heavy atom. The van der Waals surface area contributed by atoms with E-state index in [0.717, 1.165) is 5.56 Å². The summed E-state index contributed by atoms with van der Waals surface area (Å²) in [7, 11) is 1.29. The van der Waals surface area contributed by atoms with E-state index in [1.54, 1.807) is 32.9 Å². The molecule has 1 rings (SSSR count). The first-order valence-corrected chi connectivity index (χ1v) is 8.95. The van der Waals surface area contributed by atoms with Crippen molar-refractivity contribution in [2.75, 3.05) is 13.7 Å². The van der Waals surface area contributed by atoms with Crippen molar-refractivity contribution in [3.63, 3.8) is 0 Å². The van der Waals surface area contributed by atoms with Crippen LogP contribution in [0.3, 0.4) is 0 Å². The van der Waals surface area contributed by atoms with E-state index in [9.17, 15) is 14.7 Å². The van der Waals surface area contributed by atoms with Crippen LogP contribution in [-0.2, 0) is 20.7 Å². The van der Waals surface area contributed by atoms with Crippen LogP contribution in [0.25, 0.3) is 0 Å². The quantitative estimate of drug-likeness (QED) is 0.670. The summed E-state index contributed by atoms with van der Waals surface area (Å²) >= 11 is 5.91. The standard InChI is InChI=1S/C19H28ClNO5/c1-19(2,3)26-18(24)21-16(10-7-14(12-22)17(23)25-4)11-13-5-8-15(20)9-6-13/h5-6,8-9,14,16,22H,7,10-12H2,1-4H3,(H,21,24)/t14-,16+/m0/s1. The molecule has 1 amide bonds. The van der Waals surface area contributed by atoms with Gasteiger partial charge in [0.15, 0.2) is 0 Å². The van der Waals surface area contributed by atoms with Crippen LogP contribution in [0.15, 0.2) is 24.3 Å². The van der Waals surface area contributed by atoms with Gasteiger partial charge in [-0.2, -0.15) is 0 Å². The number of halogens is 1. The molecule has 0 aliphatic heterocycles. The summed E-state index contributed by atoms with van der Waals surface area (Å²) in [5, 5.41) is 12.8. The SMILES string of the molecule is COC(=O)[C@H](CO)CC[C@H](Cc1ccc(Cl)cc1)NC(=O)OC(C)(C)C. The molecule has 1 aromatic carbocycles. The van der Waals surface area contributed by atoms with Crippen molar-refractivity contribution in [3.8, 4) is 0 Å². The smallest absolute Gasteiger partial charge is 0.407 e. The number of amides is 1. The Morgan fingerprint density at radius 3 is 2.31 bits per heavy atom. The van der Waals surface area contributed by atoms with Crippen molar-refractivity contribution in [1.29, 1.82) is 0 Å². The van der Waals surface area contributed by atoms with Gasteiger partial charge in [-0.1, -0.05) is 23.7 Å². The summed E-state index contributed by atoms with van der Waals surface area (Å²) in [5.74, 6) is -1.08. The number of methoxy groups -OCH3 is 1. The summed E-state index contributed by atoms with van der Waals surface area (Å²) in [5.41, 5.74) is 0.392. The first kappa shape index (κ1) is 22.3. The molecule has 0 saturated carbocycles. The number of carbonyl (C=O) groups excluding carboxylic acids is 2. The average molecular weight is 386 g/mol. The normalized spacial score (nSPS) is 13.6. The molecule has 2 atom stereocenters. The molecule has 0 bridgehead atoms. The number of esters is 1. The fourth-order valence-electron chi connectivity index (χ4n) is 2.46. The van der Waals surface area contributed by atoms with Gasteiger partial charge in [0.05, 0.1) is 19.6 Å². The molecule has 26 heavy (non-hydrogen) atoms. The van der Waals surface area contributed by atoms with Crippen molar-refractivity contribution in [2.24, 2.45) is 5.92 Å². The van der Waals surface area contributed by atoms with Crippen molar-refractivity contribution in [1.82, 2.24) is 5.32 Å². The van der Waals surface area contributed by atoms with Crippen molar-refractivity contribution in [2.45, 2.75) is 51.7 Å². The van der Waals surface area contributed by atoms with Crippen LogP contribution >= 0.6 is 11.6 Å². The predicted molar refractivity (Wildman–Crippen MR) is 100 cm³/mol. The molecule has 0 saturated heterocycles. The van der Waals surface area contributed by atoms with Gasteiger partial charge in [0.25, 0.3) is 0 Å². The number of hydrogen-bond acceptors (Lipinski definition) is 5. The summed E-state index contributed by atoms with van der Waals surface area (Å²) in [6, 6.07) is 7.08. The van der Waals surface area contributed by atoms with Gasteiger partial charge in [0, 0.05) is 11.1 Å². The molecular weight excluding hydrogens is 358 g/mol. The predicted octanol–water partition coefficient (Wildman–Crippen LogP) is 3.34. The average Bonchev–Trinajstić information content (AvgIpc) is 2.55. The van der Waals surface area contributed by atoms with Gasteiger partial charge in [-0.3, -0.25) is 4.79 Å². The zero-order valence-electron chi connectivity index (χ0n) is 15.8. The Bertz CT molecular complexity index is 583. The number of aliphatic hydroxyl groups excluding tert-OH is 1. The maximum absolute atomic E-state index is 12.1. The highest BCUT2D eigenvalue weighted by molar-refractivity contribution is 6.30. The number of aliphatic hydroxyl groups is 1. The third-order valence-electron chi connectivity index (χ3n) is 3.73. The number of hydrogen-bond donors (Lipinski definition) is 2. The monoisotopic (exact) mass is 385 g/mol. The van der Waals surface area contributed by atoms with E-state index in [4.69, 9.17) is 16.3 Å². The summed E-state index contributed by atoms with van der Waals surface area (Å²) in [6.07, 6.45) is 0.907. The number of rotatable bonds is 8. The maximum atomic E-state index is 12.1. The van der Waals surface area contributed by atoms with Crippen LogP contribution in [0.5, 0.6) is 0 Å². The van der Waals surface area contributed by atoms with E-state index in [1.165, 1.54) is 7.11 Å². The van der Waals surface area contributed by atoms with Crippen LogP contribution < -0.4 is 5.32 Å². The molecule has 1 aromatic rings. The number of benzene rings is 1. The lowest BCUT2D eigenvalue weighted by Crippen LogP contribution is -2.40. The van der Waals surface area contributed by atoms with Gasteiger partial charge in [-0.15, -0.1) is 0 Å². The van der Waals surface area contributed by atoms with Crippen LogP contribution in [0.4, 0.5) is 4.79 Å². The molecular formula is C19H28ClNO5. The van der Waals surface area contributed by atoms with E-state index in [0.29, 0.717) is 24.3 Å². The highest BCUT2D eigenvalue weighted by Crippen LogP contribution is 2.16. The van der Waals surface area contributed by atoms with Crippen LogP contribution in [0.1, 0.15) is 39.2 Å². The fraction of sp³-hybridized carbons (Fsp3) is 0.579. The van der Waals surface area contributed by atoms with E-state index in [2.05, 4.69) is 10.1 Å². The van der Waals surface area contributed by atoms with E-state index < -0.39 is 23.6 Å². The molecule has 0 unspecified atom stereocenters. The van der Waals surface area contributed by atoms with E-state index in [-0.39, 0.29) is 12.6 Å². The summed E-state index contributed by atoms with van der Waals surface area (Å²) in [6.45, 7) is 5.08. The molecule has 146 valence electrons. The lowest BCUT2D eigenvalue weighted by Gasteiger charge is -2.24. The van der Waals surface area contributed by atoms with Crippen LogP contribution in [0.2, 0.25) is 5.02 Å². The summed E-state index contributed by atoms with van der Waals surface area (Å²) in [4.78, 5) is 23.8. The third-order valence-corrected chi connectivity index (χ3v) is 3.99. The maximum Gasteiger partial charge on any atom is 0.407 e. The second-order valence-electron chi connectivity index (χ2n) is 7.15. The van der Waals surface area contributed by atoms with Gasteiger partial charge in [-0.25, -0.2) is 4.79 Å². The molecule has 0 spiro atoms. The number of carbonyl (C=O) groups is 2. The topological polar surface area (TPSA) is 84.9 Å². The molecule has 6 nitrogen and oxygen atoms in total. The highest BCUT2D eigenvalue weighted by Gasteiger charge is 2.23. The Labute approximate surface area is 159 Å². The third kappa shape index (κ3) is 8.54. The number of alkyl carbamates (subject to hydrolysis) is 1.